The molecular formula is C14H26N2O. The predicted molar refractivity (Wildman–Crippen MR) is 69.5 cm³/mol. The van der Waals surface area contributed by atoms with Crippen LogP contribution in [0.3, 0.4) is 0 Å². The zero-order chi connectivity index (χ0) is 12.3. The Morgan fingerprint density at radius 1 is 1.24 bits per heavy atom. The summed E-state index contributed by atoms with van der Waals surface area (Å²) in [6.45, 7) is 2.66. The number of hydrogen-bond donors (Lipinski definition) is 2. The number of hydrogen-bond acceptors (Lipinski definition) is 2. The van der Waals surface area contributed by atoms with E-state index in [4.69, 9.17) is 5.73 Å². The maximum absolute atomic E-state index is 12.1. The van der Waals surface area contributed by atoms with Crippen molar-refractivity contribution in [1.29, 1.82) is 0 Å². The normalized spacial score (nSPS) is 25.3. The van der Waals surface area contributed by atoms with Gasteiger partial charge in [0.05, 0.1) is 5.54 Å². The van der Waals surface area contributed by atoms with Crippen LogP contribution in [0.2, 0.25) is 0 Å². The van der Waals surface area contributed by atoms with E-state index in [2.05, 4.69) is 12.2 Å². The van der Waals surface area contributed by atoms with Gasteiger partial charge in [-0.15, -0.1) is 0 Å². The third-order valence-electron chi connectivity index (χ3n) is 4.53. The Hall–Kier alpha value is -0.570. The Kier molecular flexibility index (Phi) is 4.08. The summed E-state index contributed by atoms with van der Waals surface area (Å²) in [7, 11) is 0. The number of carbonyl (C=O) groups excluding carboxylic acids is 1. The van der Waals surface area contributed by atoms with E-state index in [0.29, 0.717) is 24.8 Å². The molecule has 2 fully saturated rings. The monoisotopic (exact) mass is 238 g/mol. The van der Waals surface area contributed by atoms with Gasteiger partial charge < -0.3 is 11.1 Å². The molecule has 2 aliphatic carbocycles. The van der Waals surface area contributed by atoms with Gasteiger partial charge in [-0.2, -0.15) is 0 Å². The fourth-order valence-corrected chi connectivity index (χ4v) is 3.06. The van der Waals surface area contributed by atoms with Crippen LogP contribution in [0.1, 0.15) is 58.3 Å². The van der Waals surface area contributed by atoms with Gasteiger partial charge in [0.2, 0.25) is 5.91 Å². The fourth-order valence-electron chi connectivity index (χ4n) is 3.06. The molecule has 1 unspecified atom stereocenters. The second kappa shape index (κ2) is 5.38. The Morgan fingerprint density at radius 2 is 1.88 bits per heavy atom. The summed E-state index contributed by atoms with van der Waals surface area (Å²) in [5, 5.41) is 3.19. The predicted octanol–water partition coefficient (Wildman–Crippen LogP) is 2.20. The van der Waals surface area contributed by atoms with Gasteiger partial charge in [0.25, 0.3) is 0 Å². The number of nitrogens with one attached hydrogen (secondary N) is 1. The van der Waals surface area contributed by atoms with Gasteiger partial charge in [-0.1, -0.05) is 19.3 Å². The second-order valence-corrected chi connectivity index (χ2v) is 6.15. The maximum atomic E-state index is 12.1. The van der Waals surface area contributed by atoms with Crippen LogP contribution in [0, 0.1) is 11.8 Å². The molecule has 0 aromatic carbocycles. The first-order valence-electron chi connectivity index (χ1n) is 7.15. The van der Waals surface area contributed by atoms with Crippen LogP contribution in [0.4, 0.5) is 0 Å². The zero-order valence-electron chi connectivity index (χ0n) is 11.0. The molecule has 2 saturated carbocycles. The van der Waals surface area contributed by atoms with E-state index in [1.54, 1.807) is 0 Å². The molecule has 0 saturated heterocycles. The smallest absolute Gasteiger partial charge is 0.220 e. The lowest BCUT2D eigenvalue weighted by Gasteiger charge is -2.31. The summed E-state index contributed by atoms with van der Waals surface area (Å²) in [5.74, 6) is 1.45. The van der Waals surface area contributed by atoms with Crippen LogP contribution in [-0.4, -0.2) is 18.0 Å². The lowest BCUT2D eigenvalue weighted by molar-refractivity contribution is -0.124. The lowest BCUT2D eigenvalue weighted by atomic mass is 9.86. The largest absolute Gasteiger partial charge is 0.349 e. The van der Waals surface area contributed by atoms with Gasteiger partial charge in [-0.25, -0.2) is 0 Å². The first-order chi connectivity index (χ1) is 8.14. The van der Waals surface area contributed by atoms with Crippen molar-refractivity contribution in [3.8, 4) is 0 Å². The first-order valence-corrected chi connectivity index (χ1v) is 7.15. The summed E-state index contributed by atoms with van der Waals surface area (Å²) >= 11 is 0. The van der Waals surface area contributed by atoms with E-state index < -0.39 is 0 Å². The van der Waals surface area contributed by atoms with Gasteiger partial charge >= 0.3 is 0 Å². The Labute approximate surface area is 105 Å². The van der Waals surface area contributed by atoms with Crippen LogP contribution < -0.4 is 11.1 Å². The van der Waals surface area contributed by atoms with Crippen molar-refractivity contribution in [2.24, 2.45) is 17.6 Å². The molecule has 0 heterocycles. The van der Waals surface area contributed by atoms with Crippen LogP contribution >= 0.6 is 0 Å². The third-order valence-corrected chi connectivity index (χ3v) is 4.53. The van der Waals surface area contributed by atoms with Gasteiger partial charge in [0, 0.05) is 13.0 Å². The van der Waals surface area contributed by atoms with E-state index >= 15 is 0 Å². The van der Waals surface area contributed by atoms with Crippen molar-refractivity contribution < 1.29 is 4.79 Å². The topological polar surface area (TPSA) is 55.1 Å². The first kappa shape index (κ1) is 12.9. The third kappa shape index (κ3) is 3.44. The van der Waals surface area contributed by atoms with E-state index in [-0.39, 0.29) is 11.4 Å². The van der Waals surface area contributed by atoms with Gasteiger partial charge in [-0.3, -0.25) is 4.79 Å². The average Bonchev–Trinajstić information content (AvgIpc) is 3.14. The van der Waals surface area contributed by atoms with Gasteiger partial charge in [0.1, 0.15) is 0 Å². The zero-order valence-corrected chi connectivity index (χ0v) is 11.0. The summed E-state index contributed by atoms with van der Waals surface area (Å²) in [6, 6.07) is 0. The van der Waals surface area contributed by atoms with Crippen molar-refractivity contribution >= 4 is 5.91 Å². The van der Waals surface area contributed by atoms with Gasteiger partial charge in [-0.05, 0) is 44.4 Å². The van der Waals surface area contributed by atoms with Crippen molar-refractivity contribution in [1.82, 2.24) is 5.32 Å². The molecule has 3 heteroatoms. The molecular weight excluding hydrogens is 212 g/mol. The quantitative estimate of drug-likeness (QED) is 0.771. The SMILES string of the molecule is CC(CN)(NC(=O)CC1CCCCC1)C1CC1. The van der Waals surface area contributed by atoms with E-state index in [1.165, 1.54) is 44.9 Å². The number of nitrogens with two attached hydrogens (primary N) is 1. The summed E-state index contributed by atoms with van der Waals surface area (Å²) in [6.07, 6.45) is 9.56. The minimum absolute atomic E-state index is 0.147. The van der Waals surface area contributed by atoms with Crippen molar-refractivity contribution in [3.05, 3.63) is 0 Å². The molecule has 17 heavy (non-hydrogen) atoms. The Balaban J connectivity index is 1.79. The average molecular weight is 238 g/mol. The van der Waals surface area contributed by atoms with E-state index in [0.717, 1.165) is 0 Å². The van der Waals surface area contributed by atoms with Crippen LogP contribution in [0.5, 0.6) is 0 Å². The molecule has 2 rings (SSSR count). The lowest BCUT2D eigenvalue weighted by Crippen LogP contribution is -2.53. The Bertz CT molecular complexity index is 269. The number of carbonyl (C=O) groups is 1. The molecule has 0 aromatic heterocycles. The molecule has 98 valence electrons. The van der Waals surface area contributed by atoms with Crippen molar-refractivity contribution in [2.45, 2.75) is 63.8 Å². The van der Waals surface area contributed by atoms with Gasteiger partial charge in [0.15, 0.2) is 0 Å². The standard InChI is InChI=1S/C14H26N2O/c1-14(10-15,12-7-8-12)16-13(17)9-11-5-3-2-4-6-11/h11-12H,2-10,15H2,1H3,(H,16,17). The van der Waals surface area contributed by atoms with E-state index in [1.807, 2.05) is 0 Å². The molecule has 3 N–H and O–H groups in total. The van der Waals surface area contributed by atoms with Crippen LogP contribution in [0.15, 0.2) is 0 Å². The highest BCUT2D eigenvalue weighted by atomic mass is 16.1. The molecule has 0 aliphatic heterocycles. The molecule has 0 spiro atoms. The highest BCUT2D eigenvalue weighted by Gasteiger charge is 2.41. The van der Waals surface area contributed by atoms with Crippen molar-refractivity contribution in [2.75, 3.05) is 6.54 Å². The minimum Gasteiger partial charge on any atom is -0.349 e. The molecule has 0 radical (unpaired) electrons. The molecule has 3 nitrogen and oxygen atoms in total. The fraction of sp³-hybridized carbons (Fsp3) is 0.929. The molecule has 0 bridgehead atoms. The van der Waals surface area contributed by atoms with Crippen LogP contribution in [-0.2, 0) is 4.79 Å². The molecule has 2 aliphatic rings. The maximum Gasteiger partial charge on any atom is 0.220 e. The molecule has 1 atom stereocenters. The number of rotatable bonds is 5. The second-order valence-electron chi connectivity index (χ2n) is 6.15. The van der Waals surface area contributed by atoms with Crippen molar-refractivity contribution in [3.63, 3.8) is 0 Å². The summed E-state index contributed by atoms with van der Waals surface area (Å²) in [5.41, 5.74) is 5.67. The summed E-state index contributed by atoms with van der Waals surface area (Å²) < 4.78 is 0. The van der Waals surface area contributed by atoms with Crippen LogP contribution in [0.25, 0.3) is 0 Å². The highest BCUT2D eigenvalue weighted by Crippen LogP contribution is 2.39. The van der Waals surface area contributed by atoms with E-state index in [9.17, 15) is 4.79 Å². The Morgan fingerprint density at radius 3 is 2.41 bits per heavy atom. The minimum atomic E-state index is -0.147. The summed E-state index contributed by atoms with van der Waals surface area (Å²) in [4.78, 5) is 12.1. The molecule has 0 aromatic rings. The number of amides is 1. The highest BCUT2D eigenvalue weighted by molar-refractivity contribution is 5.77. The molecule has 1 amide bonds.